The van der Waals surface area contributed by atoms with Crippen LogP contribution in [0.5, 0.6) is 0 Å². The van der Waals surface area contributed by atoms with Crippen molar-refractivity contribution in [3.8, 4) is 0 Å². The van der Waals surface area contributed by atoms with Gasteiger partial charge in [-0.25, -0.2) is 0 Å². The summed E-state index contributed by atoms with van der Waals surface area (Å²) >= 11 is 0. The Bertz CT molecular complexity index is 510. The van der Waals surface area contributed by atoms with Gasteiger partial charge in [-0.1, -0.05) is 25.1 Å². The normalized spacial score (nSPS) is 11.7. The summed E-state index contributed by atoms with van der Waals surface area (Å²) in [6.07, 6.45) is 0. The summed E-state index contributed by atoms with van der Waals surface area (Å²) in [5, 5.41) is 8.83. The fraction of sp³-hybridized carbons (Fsp3) is 0.357. The fourth-order valence-electron chi connectivity index (χ4n) is 1.75. The van der Waals surface area contributed by atoms with Crippen molar-refractivity contribution in [3.63, 3.8) is 0 Å². The topological polar surface area (TPSA) is 74.7 Å². The predicted molar refractivity (Wildman–Crippen MR) is 70.2 cm³/mol. The van der Waals surface area contributed by atoms with Gasteiger partial charge >= 0.3 is 5.97 Å². The maximum Gasteiger partial charge on any atom is 0.308 e. The first-order valence-corrected chi connectivity index (χ1v) is 5.92. The molecule has 0 saturated carbocycles. The Balaban J connectivity index is 2.94. The average Bonchev–Trinajstić information content (AvgIpc) is 2.37. The van der Waals surface area contributed by atoms with E-state index >= 15 is 0 Å². The molecule has 1 aromatic rings. The van der Waals surface area contributed by atoms with E-state index in [1.54, 1.807) is 24.3 Å². The zero-order chi connectivity index (χ0) is 14.6. The molecule has 0 bridgehead atoms. The van der Waals surface area contributed by atoms with E-state index in [-0.39, 0.29) is 18.2 Å². The Morgan fingerprint density at radius 2 is 1.74 bits per heavy atom. The van der Waals surface area contributed by atoms with Crippen LogP contribution >= 0.6 is 0 Å². The number of carbonyl (C=O) groups excluding carboxylic acids is 2. The predicted octanol–water partition coefficient (Wildman–Crippen LogP) is 1.68. The van der Waals surface area contributed by atoms with Crippen molar-refractivity contribution in [2.24, 2.45) is 5.92 Å². The molecule has 1 unspecified atom stereocenters. The van der Waals surface area contributed by atoms with E-state index in [2.05, 4.69) is 0 Å². The summed E-state index contributed by atoms with van der Waals surface area (Å²) in [6, 6.07) is 6.52. The first kappa shape index (κ1) is 14.9. The summed E-state index contributed by atoms with van der Waals surface area (Å²) in [5.74, 6) is -2.15. The summed E-state index contributed by atoms with van der Waals surface area (Å²) < 4.78 is 0. The number of amides is 1. The lowest BCUT2D eigenvalue weighted by molar-refractivity contribution is -0.141. The number of benzene rings is 1. The molecule has 0 aliphatic rings. The third kappa shape index (κ3) is 3.64. The summed E-state index contributed by atoms with van der Waals surface area (Å²) in [5.41, 5.74) is 0.650. The van der Waals surface area contributed by atoms with Gasteiger partial charge in [-0.2, -0.15) is 0 Å². The highest BCUT2D eigenvalue weighted by molar-refractivity contribution is 6.07. The number of aliphatic carboxylic acids is 1. The molecule has 0 saturated heterocycles. The zero-order valence-corrected chi connectivity index (χ0v) is 11.2. The molecule has 1 amide bonds. The van der Waals surface area contributed by atoms with E-state index in [0.717, 1.165) is 0 Å². The maximum absolute atomic E-state index is 12.2. The van der Waals surface area contributed by atoms with E-state index in [1.807, 2.05) is 0 Å². The van der Waals surface area contributed by atoms with Crippen molar-refractivity contribution in [1.29, 1.82) is 0 Å². The molecule has 0 fully saturated rings. The first-order chi connectivity index (χ1) is 8.84. The van der Waals surface area contributed by atoms with Crippen LogP contribution in [0.4, 0.5) is 0 Å². The smallest absolute Gasteiger partial charge is 0.308 e. The lowest BCUT2D eigenvalue weighted by Gasteiger charge is -2.20. The van der Waals surface area contributed by atoms with Gasteiger partial charge in [0.15, 0.2) is 5.78 Å². The second kappa shape index (κ2) is 6.13. The van der Waals surface area contributed by atoms with Crippen molar-refractivity contribution >= 4 is 17.7 Å². The molecule has 1 aromatic carbocycles. The first-order valence-electron chi connectivity index (χ1n) is 5.92. The van der Waals surface area contributed by atoms with Gasteiger partial charge in [-0.3, -0.25) is 14.4 Å². The Labute approximate surface area is 111 Å². The van der Waals surface area contributed by atoms with Gasteiger partial charge in [0.05, 0.1) is 11.5 Å². The molecule has 0 radical (unpaired) electrons. The quantitative estimate of drug-likeness (QED) is 0.820. The minimum atomic E-state index is -0.959. The van der Waals surface area contributed by atoms with Crippen molar-refractivity contribution in [2.45, 2.75) is 13.8 Å². The van der Waals surface area contributed by atoms with Crippen LogP contribution in [-0.2, 0) is 4.79 Å². The number of hydrogen-bond acceptors (Lipinski definition) is 3. The third-order valence-electron chi connectivity index (χ3n) is 2.85. The van der Waals surface area contributed by atoms with Crippen LogP contribution in [0.3, 0.4) is 0 Å². The van der Waals surface area contributed by atoms with Crippen LogP contribution in [0, 0.1) is 5.92 Å². The van der Waals surface area contributed by atoms with Gasteiger partial charge in [0.25, 0.3) is 5.91 Å². The standard InChI is InChI=1S/C14H17NO4/c1-9(14(18)19)8-15(3)13(17)12-7-5-4-6-11(12)10(2)16/h4-7,9H,8H2,1-3H3,(H,18,19). The number of Topliss-reactive ketones (excluding diaryl/α,β-unsaturated/α-hetero) is 1. The van der Waals surface area contributed by atoms with E-state index < -0.39 is 11.9 Å². The Hall–Kier alpha value is -2.17. The van der Waals surface area contributed by atoms with Crippen LogP contribution < -0.4 is 0 Å². The van der Waals surface area contributed by atoms with Crippen LogP contribution in [0.25, 0.3) is 0 Å². The summed E-state index contributed by atoms with van der Waals surface area (Å²) in [4.78, 5) is 35.8. The van der Waals surface area contributed by atoms with Gasteiger partial charge in [0.2, 0.25) is 0 Å². The number of rotatable bonds is 5. The van der Waals surface area contributed by atoms with Crippen LogP contribution in [0.15, 0.2) is 24.3 Å². The molecular formula is C14H17NO4. The number of carboxylic acids is 1. The second-order valence-corrected chi connectivity index (χ2v) is 4.53. The number of hydrogen-bond donors (Lipinski definition) is 1. The van der Waals surface area contributed by atoms with Gasteiger partial charge < -0.3 is 10.0 Å². The highest BCUT2D eigenvalue weighted by atomic mass is 16.4. The van der Waals surface area contributed by atoms with Crippen molar-refractivity contribution in [3.05, 3.63) is 35.4 Å². The lowest BCUT2D eigenvalue weighted by atomic mass is 10.0. The van der Waals surface area contributed by atoms with Crippen LogP contribution in [-0.4, -0.2) is 41.3 Å². The highest BCUT2D eigenvalue weighted by Crippen LogP contribution is 2.13. The molecule has 5 heteroatoms. The van der Waals surface area contributed by atoms with Gasteiger partial charge in [-0.15, -0.1) is 0 Å². The molecule has 5 nitrogen and oxygen atoms in total. The number of carboxylic acid groups (broad SMARTS) is 1. The second-order valence-electron chi connectivity index (χ2n) is 4.53. The summed E-state index contributed by atoms with van der Waals surface area (Å²) in [7, 11) is 1.53. The van der Waals surface area contributed by atoms with Crippen molar-refractivity contribution < 1.29 is 19.5 Å². The summed E-state index contributed by atoms with van der Waals surface area (Å²) in [6.45, 7) is 3.02. The van der Waals surface area contributed by atoms with E-state index in [1.165, 1.54) is 25.8 Å². The maximum atomic E-state index is 12.2. The van der Waals surface area contributed by atoms with Gasteiger partial charge in [-0.05, 0) is 13.0 Å². The molecule has 1 N–H and O–H groups in total. The Kier molecular flexibility index (Phi) is 4.80. The van der Waals surface area contributed by atoms with E-state index in [9.17, 15) is 14.4 Å². The highest BCUT2D eigenvalue weighted by Gasteiger charge is 2.21. The van der Waals surface area contributed by atoms with Crippen molar-refractivity contribution in [2.75, 3.05) is 13.6 Å². The molecule has 0 heterocycles. The average molecular weight is 263 g/mol. The number of nitrogens with zero attached hydrogens (tertiary/aromatic N) is 1. The van der Waals surface area contributed by atoms with Crippen LogP contribution in [0.1, 0.15) is 34.6 Å². The molecule has 19 heavy (non-hydrogen) atoms. The molecule has 102 valence electrons. The monoisotopic (exact) mass is 263 g/mol. The largest absolute Gasteiger partial charge is 0.481 e. The zero-order valence-electron chi connectivity index (χ0n) is 11.2. The van der Waals surface area contributed by atoms with Gasteiger partial charge in [0.1, 0.15) is 0 Å². The molecule has 0 spiro atoms. The molecule has 0 aliphatic heterocycles. The van der Waals surface area contributed by atoms with Gasteiger partial charge in [0, 0.05) is 19.2 Å². The van der Waals surface area contributed by atoms with E-state index in [4.69, 9.17) is 5.11 Å². The minimum absolute atomic E-state index is 0.0976. The minimum Gasteiger partial charge on any atom is -0.481 e. The Morgan fingerprint density at radius 3 is 2.21 bits per heavy atom. The lowest BCUT2D eigenvalue weighted by Crippen LogP contribution is -2.34. The fourth-order valence-corrected chi connectivity index (χ4v) is 1.75. The van der Waals surface area contributed by atoms with Crippen LogP contribution in [0.2, 0.25) is 0 Å². The molecule has 1 rings (SSSR count). The molecule has 0 aliphatic carbocycles. The molecule has 1 atom stereocenters. The van der Waals surface area contributed by atoms with Crippen molar-refractivity contribution in [1.82, 2.24) is 4.90 Å². The Morgan fingerprint density at radius 1 is 1.21 bits per heavy atom. The molecular weight excluding hydrogens is 246 g/mol. The SMILES string of the molecule is CC(=O)c1ccccc1C(=O)N(C)CC(C)C(=O)O. The molecule has 0 aromatic heterocycles. The van der Waals surface area contributed by atoms with E-state index in [0.29, 0.717) is 11.1 Å². The third-order valence-corrected chi connectivity index (χ3v) is 2.85. The number of carbonyl (C=O) groups is 3. The number of ketones is 1.